The van der Waals surface area contributed by atoms with Crippen LogP contribution in [0.25, 0.3) is 0 Å². The van der Waals surface area contributed by atoms with Gasteiger partial charge in [0.1, 0.15) is 24.4 Å². The van der Waals surface area contributed by atoms with E-state index in [0.29, 0.717) is 19.6 Å². The zero-order valence-corrected chi connectivity index (χ0v) is 41.4. The number of ether oxygens (including phenoxy) is 6. The van der Waals surface area contributed by atoms with Gasteiger partial charge in [-0.25, -0.2) is 0 Å². The van der Waals surface area contributed by atoms with Crippen LogP contribution in [0.2, 0.25) is 0 Å². The number of hydrogen-bond acceptors (Lipinski definition) is 8. The highest BCUT2D eigenvalue weighted by molar-refractivity contribution is 5.94. The third kappa shape index (κ3) is 28.8. The first-order valence-electron chi connectivity index (χ1n) is 23.6. The smallest absolute Gasteiger partial charge is 0.297 e. The van der Waals surface area contributed by atoms with Crippen LogP contribution in [0.1, 0.15) is 139 Å². The zero-order chi connectivity index (χ0) is 49.6. The first-order valence-corrected chi connectivity index (χ1v) is 23.6. The van der Waals surface area contributed by atoms with Crippen molar-refractivity contribution in [2.45, 2.75) is 193 Å². The fourth-order valence-corrected chi connectivity index (χ4v) is 6.85. The van der Waals surface area contributed by atoms with Crippen molar-refractivity contribution in [3.05, 3.63) is 0 Å². The van der Waals surface area contributed by atoms with Gasteiger partial charge in [-0.3, -0.25) is 4.79 Å². The van der Waals surface area contributed by atoms with E-state index in [1.807, 2.05) is 41.5 Å². The lowest BCUT2D eigenvalue weighted by molar-refractivity contribution is -0.261. The number of aliphatic hydroxyl groups is 1. The number of rotatable bonds is 23. The summed E-state index contributed by atoms with van der Waals surface area (Å²) < 4.78 is 37.3. The van der Waals surface area contributed by atoms with Gasteiger partial charge in [0.05, 0.1) is 50.3 Å². The predicted octanol–water partition coefficient (Wildman–Crippen LogP) is 6.51. The second-order valence-corrected chi connectivity index (χ2v) is 17.2. The maximum absolute atomic E-state index is 13.2. The molecule has 0 spiro atoms. The molecule has 6 atom stereocenters. The second kappa shape index (κ2) is 36.0. The molecule has 2 aliphatic heterocycles. The van der Waals surface area contributed by atoms with E-state index in [2.05, 4.69) is 154 Å². The lowest BCUT2D eigenvalue weighted by atomic mass is 9.98. The summed E-state index contributed by atoms with van der Waals surface area (Å²) in [6.07, 6.45) is 11.9. The molecule has 2 heterocycles. The maximum Gasteiger partial charge on any atom is 0.297 e. The molecule has 2 saturated heterocycles. The summed E-state index contributed by atoms with van der Waals surface area (Å²) in [7, 11) is 0. The molecule has 2 N–H and O–H groups in total. The molecule has 9 nitrogen and oxygen atoms in total. The summed E-state index contributed by atoms with van der Waals surface area (Å²) in [6, 6.07) is -0.756. The van der Waals surface area contributed by atoms with Crippen molar-refractivity contribution in [2.24, 2.45) is 0 Å². The number of carbonyl (C=O) groups is 1. The number of nitrogens with one attached hydrogen (secondary N) is 1. The van der Waals surface area contributed by atoms with Crippen molar-refractivity contribution in [3.8, 4) is 142 Å². The molecular formula is C59H67NO8. The van der Waals surface area contributed by atoms with Crippen molar-refractivity contribution in [1.82, 2.24) is 5.32 Å². The number of aliphatic hydroxyl groups excluding tert-OH is 1. The SMILES string of the molecule is CC#CC#CC#CC#CC#CC#CC#CC#CC#CC#CC#CC#CC(=O)N[C@@H](COCC1OCC(C)(C)O[C@H]1[C@@H]1COC(C)(C)O1)[C@H](OC(C)C)[C@H](O)CCCCCCCCCCCCCC. The van der Waals surface area contributed by atoms with Crippen molar-refractivity contribution >= 4 is 5.91 Å². The largest absolute Gasteiger partial charge is 0.390 e. The summed E-state index contributed by atoms with van der Waals surface area (Å²) in [5.74, 6) is 59.6. The van der Waals surface area contributed by atoms with E-state index in [-0.39, 0.29) is 25.4 Å². The van der Waals surface area contributed by atoms with Crippen LogP contribution in [0.3, 0.4) is 0 Å². The monoisotopic (exact) mass is 917 g/mol. The number of hydrogen-bond donors (Lipinski definition) is 2. The summed E-state index contributed by atoms with van der Waals surface area (Å²) >= 11 is 0. The lowest BCUT2D eigenvalue weighted by Gasteiger charge is -2.43. The van der Waals surface area contributed by atoms with Gasteiger partial charge in [-0.1, -0.05) is 89.9 Å². The van der Waals surface area contributed by atoms with Gasteiger partial charge in [-0.05, 0) is 150 Å². The molecule has 2 rings (SSSR count). The third-order valence-electron chi connectivity index (χ3n) is 9.93. The molecule has 356 valence electrons. The molecule has 0 aromatic heterocycles. The summed E-state index contributed by atoms with van der Waals surface area (Å²) in [6.45, 7) is 16.3. The third-order valence-corrected chi connectivity index (χ3v) is 9.93. The van der Waals surface area contributed by atoms with Crippen LogP contribution in [-0.4, -0.2) is 91.5 Å². The number of amides is 1. The quantitative estimate of drug-likeness (QED) is 0.0885. The molecule has 68 heavy (non-hydrogen) atoms. The van der Waals surface area contributed by atoms with Crippen LogP contribution in [-0.2, 0) is 33.2 Å². The van der Waals surface area contributed by atoms with Gasteiger partial charge in [0.2, 0.25) is 0 Å². The Bertz CT molecular complexity index is 2390. The van der Waals surface area contributed by atoms with Gasteiger partial charge >= 0.3 is 0 Å². The van der Waals surface area contributed by atoms with E-state index in [1.54, 1.807) is 6.92 Å². The Labute approximate surface area is 409 Å². The van der Waals surface area contributed by atoms with Crippen LogP contribution in [0.5, 0.6) is 0 Å². The van der Waals surface area contributed by atoms with Gasteiger partial charge in [0, 0.05) is 41.4 Å². The Morgan fingerprint density at radius 1 is 0.662 bits per heavy atom. The Hall–Kier alpha value is -6.09. The van der Waals surface area contributed by atoms with Crippen molar-refractivity contribution < 1.29 is 38.3 Å². The minimum Gasteiger partial charge on any atom is -0.390 e. The highest BCUT2D eigenvalue weighted by Crippen LogP contribution is 2.33. The highest BCUT2D eigenvalue weighted by Gasteiger charge is 2.47. The summed E-state index contributed by atoms with van der Waals surface area (Å²) in [5, 5.41) is 14.5. The van der Waals surface area contributed by atoms with Gasteiger partial charge < -0.3 is 38.8 Å². The molecule has 0 aliphatic carbocycles. The average molecular weight is 918 g/mol. The maximum atomic E-state index is 13.2. The summed E-state index contributed by atoms with van der Waals surface area (Å²) in [5.41, 5.74) is -0.531. The molecular weight excluding hydrogens is 851 g/mol. The molecule has 0 aromatic carbocycles. The predicted molar refractivity (Wildman–Crippen MR) is 267 cm³/mol. The molecule has 0 bridgehead atoms. The Kier molecular flexibility index (Phi) is 30.7. The van der Waals surface area contributed by atoms with Gasteiger partial charge in [-0.2, -0.15) is 0 Å². The number of unbranched alkanes of at least 4 members (excludes halogenated alkanes) is 11. The first kappa shape index (κ1) is 58.0. The van der Waals surface area contributed by atoms with E-state index >= 15 is 0 Å². The molecule has 1 unspecified atom stereocenters. The van der Waals surface area contributed by atoms with Gasteiger partial charge in [0.15, 0.2) is 5.79 Å². The highest BCUT2D eigenvalue weighted by atomic mass is 16.8. The van der Waals surface area contributed by atoms with Crippen molar-refractivity contribution in [2.75, 3.05) is 26.4 Å². The molecule has 2 fully saturated rings. The van der Waals surface area contributed by atoms with Crippen LogP contribution in [0.4, 0.5) is 0 Å². The minimum atomic E-state index is -0.867. The molecule has 1 amide bonds. The molecule has 2 aliphatic rings. The van der Waals surface area contributed by atoms with Crippen molar-refractivity contribution in [3.63, 3.8) is 0 Å². The average Bonchev–Trinajstić information content (AvgIpc) is 3.67. The van der Waals surface area contributed by atoms with E-state index in [9.17, 15) is 9.90 Å². The summed E-state index contributed by atoms with van der Waals surface area (Å²) in [4.78, 5) is 13.2. The Morgan fingerprint density at radius 2 is 1.12 bits per heavy atom. The molecule has 0 saturated carbocycles. The van der Waals surface area contributed by atoms with E-state index in [0.717, 1.165) is 19.3 Å². The minimum absolute atomic E-state index is 0.00972. The first-order chi connectivity index (χ1) is 32.9. The normalized spacial score (nSPS) is 17.7. The van der Waals surface area contributed by atoms with E-state index < -0.39 is 47.8 Å². The fourth-order valence-electron chi connectivity index (χ4n) is 6.85. The lowest BCUT2D eigenvalue weighted by Crippen LogP contribution is -2.56. The topological polar surface area (TPSA) is 105 Å². The van der Waals surface area contributed by atoms with Crippen LogP contribution in [0.15, 0.2) is 0 Å². The van der Waals surface area contributed by atoms with E-state index in [4.69, 9.17) is 28.4 Å². The molecule has 0 radical (unpaired) electrons. The van der Waals surface area contributed by atoms with Crippen LogP contribution in [0, 0.1) is 142 Å². The standard InChI is InChI=1S/C59H67NO8/c1-9-11-13-15-17-19-21-23-24-25-26-27-28-29-30-31-32-33-35-37-39-41-43-45-55(62)60-51(46-63-47-53-57(68-58(5,6)49-64-53)54-48-65-59(7,8)67-54)56(66-50(3)4)52(61)44-42-40-38-36-34-22-20-18-16-14-12-10-2/h50-54,56-57,61H,10,12,14,16,18,20,22,34,36,38,40,42,44,46-49H2,1-8H3,(H,60,62)/t51-,52+,53?,54-,56-,57+/m0/s1. The van der Waals surface area contributed by atoms with Crippen LogP contribution >= 0.6 is 0 Å². The van der Waals surface area contributed by atoms with Crippen LogP contribution < -0.4 is 5.32 Å². The number of carbonyl (C=O) groups excluding carboxylic acids is 1. The van der Waals surface area contributed by atoms with Crippen molar-refractivity contribution in [1.29, 1.82) is 0 Å². The zero-order valence-electron chi connectivity index (χ0n) is 41.4. The second-order valence-electron chi connectivity index (χ2n) is 17.2. The van der Waals surface area contributed by atoms with E-state index in [1.165, 1.54) is 57.8 Å². The van der Waals surface area contributed by atoms with Gasteiger partial charge in [-0.15, -0.1) is 0 Å². The fraction of sp³-hybridized carbons (Fsp3) is 0.576. The Balaban J connectivity index is 2.07. The Morgan fingerprint density at radius 3 is 1.56 bits per heavy atom. The van der Waals surface area contributed by atoms with Gasteiger partial charge in [0.25, 0.3) is 5.91 Å². The molecule has 9 heteroatoms. The molecule has 0 aromatic rings.